The van der Waals surface area contributed by atoms with Crippen molar-refractivity contribution in [3.63, 3.8) is 0 Å². The van der Waals surface area contributed by atoms with Gasteiger partial charge in [0.25, 0.3) is 0 Å². The van der Waals surface area contributed by atoms with E-state index in [4.69, 9.17) is 0 Å². The van der Waals surface area contributed by atoms with Gasteiger partial charge in [0, 0.05) is 34.1 Å². The molecule has 0 bridgehead atoms. The second-order valence-corrected chi connectivity index (χ2v) is 12.5. The molecule has 2 nitrogen and oxygen atoms in total. The van der Waals surface area contributed by atoms with E-state index in [-0.39, 0.29) is 0 Å². The summed E-state index contributed by atoms with van der Waals surface area (Å²) in [5, 5.41) is 0. The quantitative estimate of drug-likeness (QED) is 0.184. The third-order valence-corrected chi connectivity index (χ3v) is 8.47. The normalized spacial score (nSPS) is 11.0. The molecule has 0 radical (unpaired) electrons. The molecule has 2 heteroatoms. The van der Waals surface area contributed by atoms with Crippen molar-refractivity contribution in [1.82, 2.24) is 0 Å². The zero-order chi connectivity index (χ0) is 31.7. The number of benzene rings is 6. The van der Waals surface area contributed by atoms with Crippen molar-refractivity contribution in [2.45, 2.75) is 48.5 Å². The van der Waals surface area contributed by atoms with E-state index in [9.17, 15) is 0 Å². The van der Waals surface area contributed by atoms with Gasteiger partial charge < -0.3 is 9.80 Å². The summed E-state index contributed by atoms with van der Waals surface area (Å²) in [4.78, 5) is 4.73. The van der Waals surface area contributed by atoms with Crippen LogP contribution in [0.3, 0.4) is 0 Å². The first-order chi connectivity index (χ1) is 21.7. The van der Waals surface area contributed by atoms with Crippen molar-refractivity contribution in [2.24, 2.45) is 0 Å². The van der Waals surface area contributed by atoms with Gasteiger partial charge in [-0.1, -0.05) is 54.6 Å². The Labute approximate surface area is 269 Å². The van der Waals surface area contributed by atoms with Crippen LogP contribution in [0.4, 0.5) is 34.1 Å². The molecule has 0 saturated heterocycles. The van der Waals surface area contributed by atoms with Crippen LogP contribution in [0, 0.1) is 48.5 Å². The van der Waals surface area contributed by atoms with E-state index in [1.54, 1.807) is 0 Å². The van der Waals surface area contributed by atoms with Gasteiger partial charge in [-0.2, -0.15) is 0 Å². The topological polar surface area (TPSA) is 6.48 Å². The van der Waals surface area contributed by atoms with Gasteiger partial charge in [0.15, 0.2) is 0 Å². The predicted molar refractivity (Wildman–Crippen MR) is 194 cm³/mol. The Morgan fingerprint density at radius 3 is 0.978 bits per heavy atom. The molecule has 0 aliphatic heterocycles. The Bertz CT molecular complexity index is 1930. The highest BCUT2D eigenvalue weighted by molar-refractivity contribution is 5.83. The van der Waals surface area contributed by atoms with Gasteiger partial charge in [-0.15, -0.1) is 0 Å². The molecule has 6 rings (SSSR count). The molecule has 0 aliphatic rings. The lowest BCUT2D eigenvalue weighted by molar-refractivity contribution is 1.23. The van der Waals surface area contributed by atoms with E-state index in [2.05, 4.69) is 186 Å². The molecule has 6 aromatic rings. The van der Waals surface area contributed by atoms with Crippen LogP contribution in [0.2, 0.25) is 0 Å². The first-order valence-corrected chi connectivity index (χ1v) is 15.8. The summed E-state index contributed by atoms with van der Waals surface area (Å²) >= 11 is 0. The molecule has 224 valence electrons. The van der Waals surface area contributed by atoms with Crippen LogP contribution >= 0.6 is 0 Å². The van der Waals surface area contributed by atoms with Gasteiger partial charge in [0.1, 0.15) is 0 Å². The average molecular weight is 587 g/mol. The summed E-state index contributed by atoms with van der Waals surface area (Å²) in [6.45, 7) is 15.3. The van der Waals surface area contributed by atoms with Crippen molar-refractivity contribution in [3.05, 3.63) is 166 Å². The van der Waals surface area contributed by atoms with Crippen LogP contribution in [-0.4, -0.2) is 0 Å². The van der Waals surface area contributed by atoms with E-state index >= 15 is 0 Å². The minimum absolute atomic E-state index is 1.15. The van der Waals surface area contributed by atoms with Crippen LogP contribution in [0.25, 0.3) is 11.1 Å². The van der Waals surface area contributed by atoms with Crippen LogP contribution in [0.1, 0.15) is 38.9 Å². The van der Waals surface area contributed by atoms with Crippen molar-refractivity contribution in [3.8, 4) is 11.1 Å². The second kappa shape index (κ2) is 12.5. The monoisotopic (exact) mass is 586 g/mol. The van der Waals surface area contributed by atoms with Gasteiger partial charge in [-0.05, 0) is 171 Å². The molecule has 0 amide bonds. The lowest BCUT2D eigenvalue weighted by atomic mass is 9.95. The van der Waals surface area contributed by atoms with Crippen molar-refractivity contribution in [1.29, 1.82) is 0 Å². The van der Waals surface area contributed by atoms with Gasteiger partial charge in [0.2, 0.25) is 0 Å². The summed E-state index contributed by atoms with van der Waals surface area (Å²) in [5.41, 5.74) is 18.3. The summed E-state index contributed by atoms with van der Waals surface area (Å²) < 4.78 is 0. The number of hydrogen-bond acceptors (Lipinski definition) is 2. The maximum absolute atomic E-state index is 2.38. The maximum atomic E-state index is 2.38. The van der Waals surface area contributed by atoms with Gasteiger partial charge in [0.05, 0.1) is 0 Å². The molecule has 0 aliphatic carbocycles. The highest BCUT2D eigenvalue weighted by Crippen LogP contribution is 2.41. The molecule has 0 heterocycles. The largest absolute Gasteiger partial charge is 0.310 e. The van der Waals surface area contributed by atoms with Gasteiger partial charge >= 0.3 is 0 Å². The lowest BCUT2D eigenvalue weighted by Crippen LogP contribution is -2.11. The fourth-order valence-electron chi connectivity index (χ4n) is 6.45. The zero-order valence-electron chi connectivity index (χ0n) is 27.5. The van der Waals surface area contributed by atoms with Crippen molar-refractivity contribution >= 4 is 34.1 Å². The minimum Gasteiger partial charge on any atom is -0.310 e. The number of hydrogen-bond donors (Lipinski definition) is 0. The third-order valence-electron chi connectivity index (χ3n) is 8.47. The summed E-state index contributed by atoms with van der Waals surface area (Å²) in [5.74, 6) is 0. The Balaban J connectivity index is 1.41. The zero-order valence-corrected chi connectivity index (χ0v) is 27.5. The predicted octanol–water partition coefficient (Wildman–Crippen LogP) is 12.5. The Hall–Kier alpha value is -5.08. The van der Waals surface area contributed by atoms with E-state index in [0.29, 0.717) is 0 Å². The molecule has 0 saturated carbocycles. The SMILES string of the molecule is Cc1cccc(N(c2cccc(C)c2)c2ccc(-c3ccc(N(c4cccc(C)c4)c4cc(C)cc(C)c4)cc3C)c(C)c2)c1. The van der Waals surface area contributed by atoms with Crippen LogP contribution in [0.5, 0.6) is 0 Å². The fraction of sp³-hybridized carbons (Fsp3) is 0.163. The third kappa shape index (κ3) is 6.42. The Morgan fingerprint density at radius 2 is 0.622 bits per heavy atom. The van der Waals surface area contributed by atoms with Crippen molar-refractivity contribution < 1.29 is 0 Å². The second-order valence-electron chi connectivity index (χ2n) is 12.5. The van der Waals surface area contributed by atoms with Gasteiger partial charge in [-0.25, -0.2) is 0 Å². The molecule has 0 aromatic heterocycles. The van der Waals surface area contributed by atoms with E-state index in [1.165, 1.54) is 61.4 Å². The summed E-state index contributed by atoms with van der Waals surface area (Å²) in [6, 6.07) is 46.8. The fourth-order valence-corrected chi connectivity index (χ4v) is 6.45. The number of nitrogens with zero attached hydrogens (tertiary/aromatic N) is 2. The summed E-state index contributed by atoms with van der Waals surface area (Å²) in [6.07, 6.45) is 0. The number of aryl methyl sites for hydroxylation is 7. The molecule has 0 N–H and O–H groups in total. The molecule has 45 heavy (non-hydrogen) atoms. The number of rotatable bonds is 7. The van der Waals surface area contributed by atoms with Gasteiger partial charge in [-0.3, -0.25) is 0 Å². The minimum atomic E-state index is 1.15. The van der Waals surface area contributed by atoms with E-state index < -0.39 is 0 Å². The molecular formula is C43H42N2. The van der Waals surface area contributed by atoms with Crippen molar-refractivity contribution in [2.75, 3.05) is 9.80 Å². The average Bonchev–Trinajstić information content (AvgIpc) is 2.98. The standard InChI is InChI=1S/C43H42N2/c1-29-11-8-14-36(22-29)44(37-15-9-12-30(2)23-37)39-17-19-42(34(6)27-39)43-20-18-40(28-35(43)7)45(38-16-10-13-31(3)24-38)41-25-32(4)21-33(5)26-41/h8-28H,1-7H3. The molecule has 0 atom stereocenters. The van der Waals surface area contributed by atoms with Crippen LogP contribution in [-0.2, 0) is 0 Å². The molecule has 0 fully saturated rings. The molecule has 6 aromatic carbocycles. The lowest BCUT2D eigenvalue weighted by Gasteiger charge is -2.28. The summed E-state index contributed by atoms with van der Waals surface area (Å²) in [7, 11) is 0. The molecule has 0 unspecified atom stereocenters. The molecule has 0 spiro atoms. The Kier molecular flexibility index (Phi) is 8.32. The maximum Gasteiger partial charge on any atom is 0.0466 e. The first kappa shape index (κ1) is 30.0. The van der Waals surface area contributed by atoms with Crippen LogP contribution in [0.15, 0.2) is 127 Å². The van der Waals surface area contributed by atoms with E-state index in [1.807, 2.05) is 0 Å². The number of anilines is 6. The van der Waals surface area contributed by atoms with Crippen LogP contribution < -0.4 is 9.80 Å². The highest BCUT2D eigenvalue weighted by Gasteiger charge is 2.18. The Morgan fingerprint density at radius 1 is 0.289 bits per heavy atom. The van der Waals surface area contributed by atoms with E-state index in [0.717, 1.165) is 22.7 Å². The molecular weight excluding hydrogens is 544 g/mol. The first-order valence-electron chi connectivity index (χ1n) is 15.8. The smallest absolute Gasteiger partial charge is 0.0466 e. The highest BCUT2D eigenvalue weighted by atomic mass is 15.1.